The second-order valence-corrected chi connectivity index (χ2v) is 7.91. The minimum Gasteiger partial charge on any atom is -0.464 e. The molecule has 0 radical (unpaired) electrons. The van der Waals surface area contributed by atoms with Gasteiger partial charge in [0.25, 0.3) is 0 Å². The number of hydrogen-bond donors (Lipinski definition) is 1. The van der Waals surface area contributed by atoms with Gasteiger partial charge in [-0.2, -0.15) is 21.6 Å². The number of halogens is 3. The van der Waals surface area contributed by atoms with Gasteiger partial charge in [0.05, 0.1) is 6.61 Å². The first-order valence-corrected chi connectivity index (χ1v) is 9.49. The Hall–Kier alpha value is -2.21. The fourth-order valence-electron chi connectivity index (χ4n) is 3.43. The molecule has 8 nitrogen and oxygen atoms in total. The number of carbonyl (C=O) groups is 1. The number of fused-ring (bicyclic) bond motifs is 3. The third-order valence-electron chi connectivity index (χ3n) is 4.66. The van der Waals surface area contributed by atoms with Crippen molar-refractivity contribution in [3.05, 3.63) is 35.4 Å². The number of hydrogen-bond acceptors (Lipinski definition) is 7. The van der Waals surface area contributed by atoms with Crippen molar-refractivity contribution in [3.63, 3.8) is 0 Å². The van der Waals surface area contributed by atoms with Crippen LogP contribution in [0.4, 0.5) is 13.2 Å². The lowest BCUT2D eigenvalue weighted by Crippen LogP contribution is -2.62. The molecule has 0 saturated heterocycles. The number of nitrogens with zero attached hydrogens (tertiary/aromatic N) is 3. The molecule has 1 aromatic carbocycles. The van der Waals surface area contributed by atoms with E-state index in [0.717, 1.165) is 0 Å². The molecule has 1 heterocycles. The van der Waals surface area contributed by atoms with E-state index < -0.39 is 37.2 Å². The van der Waals surface area contributed by atoms with Gasteiger partial charge in [-0.15, -0.1) is 9.53 Å². The molecule has 148 valence electrons. The Labute approximate surface area is 152 Å². The summed E-state index contributed by atoms with van der Waals surface area (Å²) in [6.45, 7) is 1.33. The molecule has 12 heteroatoms. The van der Waals surface area contributed by atoms with Crippen molar-refractivity contribution in [3.8, 4) is 0 Å². The molecule has 3 rings (SSSR count). The minimum absolute atomic E-state index is 0.139. The standard InChI is InChI=1S/C15H16F3N3O5S/c1-2-26-12(22)13-9-5-7-10-6-3-4-8-11(10)14(13,23)21(20-19-13)27(24,25)15(16,17)18/h3-4,6,8,23H,2,5,7,9H2,1H3. The van der Waals surface area contributed by atoms with Crippen molar-refractivity contribution in [2.75, 3.05) is 6.61 Å². The Morgan fingerprint density at radius 1 is 1.37 bits per heavy atom. The maximum atomic E-state index is 13.2. The first kappa shape index (κ1) is 19.5. The Morgan fingerprint density at radius 3 is 2.67 bits per heavy atom. The van der Waals surface area contributed by atoms with E-state index in [2.05, 4.69) is 10.3 Å². The van der Waals surface area contributed by atoms with Gasteiger partial charge in [0.15, 0.2) is 0 Å². The molecule has 1 N–H and O–H groups in total. The number of carbonyl (C=O) groups excluding carboxylic acids is 1. The summed E-state index contributed by atoms with van der Waals surface area (Å²) in [7, 11) is -6.14. The van der Waals surface area contributed by atoms with Crippen molar-refractivity contribution in [2.24, 2.45) is 10.3 Å². The van der Waals surface area contributed by atoms with Gasteiger partial charge in [0, 0.05) is 5.56 Å². The van der Waals surface area contributed by atoms with Gasteiger partial charge in [-0.05, 0) is 31.7 Å². The summed E-state index contributed by atoms with van der Waals surface area (Å²) in [6, 6.07) is 5.79. The zero-order chi connectivity index (χ0) is 20.1. The van der Waals surface area contributed by atoms with Crippen molar-refractivity contribution in [2.45, 2.75) is 43.0 Å². The van der Waals surface area contributed by atoms with E-state index in [1.165, 1.54) is 25.1 Å². The molecule has 0 bridgehead atoms. The summed E-state index contributed by atoms with van der Waals surface area (Å²) in [5.41, 5.74) is -10.9. The second kappa shape index (κ2) is 6.16. The topological polar surface area (TPSA) is 109 Å². The van der Waals surface area contributed by atoms with Gasteiger partial charge in [-0.3, -0.25) is 0 Å². The highest BCUT2D eigenvalue weighted by Crippen LogP contribution is 2.53. The fraction of sp³-hybridized carbons (Fsp3) is 0.533. The molecule has 2 atom stereocenters. The smallest absolute Gasteiger partial charge is 0.464 e. The number of ether oxygens (including phenoxy) is 1. The normalized spacial score (nSPS) is 27.7. The summed E-state index contributed by atoms with van der Waals surface area (Å²) in [4.78, 5) is 12.7. The molecule has 2 unspecified atom stereocenters. The van der Waals surface area contributed by atoms with Gasteiger partial charge < -0.3 is 9.84 Å². The molecular weight excluding hydrogens is 391 g/mol. The van der Waals surface area contributed by atoms with Crippen LogP contribution in [0.3, 0.4) is 0 Å². The Morgan fingerprint density at radius 2 is 2.04 bits per heavy atom. The molecule has 27 heavy (non-hydrogen) atoms. The fourth-order valence-corrected chi connectivity index (χ4v) is 4.35. The minimum atomic E-state index is -6.14. The predicted octanol–water partition coefficient (Wildman–Crippen LogP) is 2.00. The van der Waals surface area contributed by atoms with Crippen LogP contribution in [0.1, 0.15) is 30.9 Å². The largest absolute Gasteiger partial charge is 0.518 e. The lowest BCUT2D eigenvalue weighted by Gasteiger charge is -2.39. The molecule has 1 aromatic rings. The first-order valence-electron chi connectivity index (χ1n) is 8.05. The number of aryl methyl sites for hydroxylation is 1. The number of rotatable bonds is 3. The average molecular weight is 407 g/mol. The number of sulfonamides is 1. The summed E-state index contributed by atoms with van der Waals surface area (Å²) in [6.07, 6.45) is 0.302. The van der Waals surface area contributed by atoms with Gasteiger partial charge in [-0.25, -0.2) is 4.79 Å². The van der Waals surface area contributed by atoms with Gasteiger partial charge in [0.1, 0.15) is 0 Å². The molecular formula is C15H16F3N3O5S. The maximum Gasteiger partial charge on any atom is 0.518 e. The van der Waals surface area contributed by atoms with Gasteiger partial charge in [-0.1, -0.05) is 29.5 Å². The molecule has 0 fully saturated rings. The van der Waals surface area contributed by atoms with Crippen LogP contribution >= 0.6 is 0 Å². The van der Waals surface area contributed by atoms with Gasteiger partial charge in [0.2, 0.25) is 11.3 Å². The lowest BCUT2D eigenvalue weighted by atomic mass is 9.80. The SMILES string of the molecule is CCOC(=O)C12CCCc3ccccc3C1(O)N(S(=O)(=O)C(F)(F)F)N=N2. The quantitative estimate of drug-likeness (QED) is 0.771. The summed E-state index contributed by atoms with van der Waals surface area (Å²) in [5, 5.41) is 18.1. The van der Waals surface area contributed by atoms with Crippen LogP contribution in [0.5, 0.6) is 0 Å². The van der Waals surface area contributed by atoms with Crippen LogP contribution in [0, 0.1) is 0 Å². The Balaban J connectivity index is 2.31. The van der Waals surface area contributed by atoms with Crippen molar-refractivity contribution >= 4 is 16.0 Å². The third kappa shape index (κ3) is 2.53. The zero-order valence-electron chi connectivity index (χ0n) is 14.1. The third-order valence-corrected chi connectivity index (χ3v) is 6.04. The summed E-state index contributed by atoms with van der Waals surface area (Å²) < 4.78 is 68.2. The monoisotopic (exact) mass is 407 g/mol. The number of aliphatic hydroxyl groups is 1. The second-order valence-electron chi connectivity index (χ2n) is 6.15. The van der Waals surface area contributed by atoms with Crippen LogP contribution < -0.4 is 0 Å². The average Bonchev–Trinajstić information content (AvgIpc) is 2.83. The van der Waals surface area contributed by atoms with Crippen molar-refractivity contribution < 1.29 is 36.2 Å². The van der Waals surface area contributed by atoms with E-state index >= 15 is 0 Å². The van der Waals surface area contributed by atoms with Crippen molar-refractivity contribution in [1.29, 1.82) is 0 Å². The van der Waals surface area contributed by atoms with Gasteiger partial charge >= 0.3 is 21.5 Å². The molecule has 0 saturated carbocycles. The molecule has 0 spiro atoms. The van der Waals surface area contributed by atoms with E-state index in [0.29, 0.717) is 12.0 Å². The highest BCUT2D eigenvalue weighted by atomic mass is 32.2. The van der Waals surface area contributed by atoms with E-state index in [-0.39, 0.29) is 25.0 Å². The van der Waals surface area contributed by atoms with E-state index in [4.69, 9.17) is 4.74 Å². The number of alkyl halides is 3. The number of benzene rings is 1. The molecule has 1 aliphatic heterocycles. The lowest BCUT2D eigenvalue weighted by molar-refractivity contribution is -0.173. The Bertz CT molecular complexity index is 904. The Kier molecular flexibility index (Phi) is 4.46. The van der Waals surface area contributed by atoms with Crippen LogP contribution in [0.2, 0.25) is 0 Å². The summed E-state index contributed by atoms with van der Waals surface area (Å²) >= 11 is 0. The van der Waals surface area contributed by atoms with Crippen LogP contribution in [0.15, 0.2) is 34.6 Å². The number of esters is 1. The van der Waals surface area contributed by atoms with E-state index in [9.17, 15) is 31.5 Å². The van der Waals surface area contributed by atoms with E-state index in [1.807, 2.05) is 0 Å². The van der Waals surface area contributed by atoms with E-state index in [1.54, 1.807) is 6.07 Å². The zero-order valence-corrected chi connectivity index (χ0v) is 14.9. The predicted molar refractivity (Wildman–Crippen MR) is 84.3 cm³/mol. The maximum absolute atomic E-state index is 13.2. The molecule has 0 amide bonds. The molecule has 0 aromatic heterocycles. The van der Waals surface area contributed by atoms with Crippen LogP contribution in [-0.4, -0.2) is 41.6 Å². The molecule has 1 aliphatic carbocycles. The molecule has 2 aliphatic rings. The van der Waals surface area contributed by atoms with Crippen LogP contribution in [0.25, 0.3) is 0 Å². The highest BCUT2D eigenvalue weighted by molar-refractivity contribution is 7.90. The first-order chi connectivity index (χ1) is 12.5. The highest BCUT2D eigenvalue weighted by Gasteiger charge is 2.72. The van der Waals surface area contributed by atoms with Crippen molar-refractivity contribution in [1.82, 2.24) is 4.41 Å². The summed E-state index contributed by atoms with van der Waals surface area (Å²) in [5.74, 6) is -1.15. The van der Waals surface area contributed by atoms with Crippen LogP contribution in [-0.2, 0) is 31.7 Å².